The van der Waals surface area contributed by atoms with E-state index in [9.17, 15) is 0 Å². The van der Waals surface area contributed by atoms with Crippen LogP contribution in [0, 0.1) is 0 Å². The van der Waals surface area contributed by atoms with Crippen LogP contribution < -0.4 is 5.32 Å². The lowest BCUT2D eigenvalue weighted by Gasteiger charge is -2.13. The minimum atomic E-state index is 0.498. The Labute approximate surface area is 133 Å². The zero-order chi connectivity index (χ0) is 15.1. The van der Waals surface area contributed by atoms with Crippen molar-refractivity contribution in [2.75, 3.05) is 6.54 Å². The summed E-state index contributed by atoms with van der Waals surface area (Å²) in [6.07, 6.45) is 4.89. The molecule has 1 aromatic heterocycles. The number of benzene rings is 1. The number of rotatable bonds is 8. The third-order valence-electron chi connectivity index (χ3n) is 3.89. The molecule has 0 fully saturated rings. The molecular weight excluding hydrogens is 274 g/mol. The van der Waals surface area contributed by atoms with Crippen LogP contribution in [-0.2, 0) is 6.42 Å². The van der Waals surface area contributed by atoms with E-state index in [1.165, 1.54) is 40.1 Å². The summed E-state index contributed by atoms with van der Waals surface area (Å²) in [5.74, 6) is 0. The Morgan fingerprint density at radius 1 is 1.00 bits per heavy atom. The Morgan fingerprint density at radius 3 is 2.38 bits per heavy atom. The van der Waals surface area contributed by atoms with Crippen LogP contribution in [0.2, 0.25) is 0 Å². The second kappa shape index (κ2) is 8.35. The van der Waals surface area contributed by atoms with Crippen molar-refractivity contribution in [2.24, 2.45) is 0 Å². The molecule has 1 nitrogen and oxygen atoms in total. The van der Waals surface area contributed by atoms with Gasteiger partial charge in [-0.15, -0.1) is 11.3 Å². The monoisotopic (exact) mass is 301 g/mol. The summed E-state index contributed by atoms with van der Waals surface area (Å²) in [6, 6.07) is 14.2. The van der Waals surface area contributed by atoms with Crippen LogP contribution in [0.5, 0.6) is 0 Å². The lowest BCUT2D eigenvalue weighted by atomic mass is 10.1. The third-order valence-corrected chi connectivity index (χ3v) is 5.13. The smallest absolute Gasteiger partial charge is 0.0412 e. The van der Waals surface area contributed by atoms with Crippen molar-refractivity contribution in [3.05, 3.63) is 46.8 Å². The SMILES string of the molecule is CCCCc1ccc(-c2ccc(C(CC)NCC)s2)cc1. The molecule has 21 heavy (non-hydrogen) atoms. The molecule has 0 aliphatic carbocycles. The first-order valence-electron chi connectivity index (χ1n) is 8.20. The number of unbranched alkanes of at least 4 members (excludes halogenated alkanes) is 1. The summed E-state index contributed by atoms with van der Waals surface area (Å²) < 4.78 is 0. The van der Waals surface area contributed by atoms with Crippen molar-refractivity contribution in [3.8, 4) is 10.4 Å². The molecule has 0 aliphatic heterocycles. The highest BCUT2D eigenvalue weighted by Gasteiger charge is 2.11. The van der Waals surface area contributed by atoms with Gasteiger partial charge in [0.2, 0.25) is 0 Å². The van der Waals surface area contributed by atoms with Gasteiger partial charge in [-0.25, -0.2) is 0 Å². The van der Waals surface area contributed by atoms with Crippen LogP contribution in [0.1, 0.15) is 56.5 Å². The topological polar surface area (TPSA) is 12.0 Å². The summed E-state index contributed by atoms with van der Waals surface area (Å²) in [4.78, 5) is 2.83. The van der Waals surface area contributed by atoms with Crippen molar-refractivity contribution in [3.63, 3.8) is 0 Å². The van der Waals surface area contributed by atoms with Crippen molar-refractivity contribution >= 4 is 11.3 Å². The number of hydrogen-bond acceptors (Lipinski definition) is 2. The molecule has 1 unspecified atom stereocenters. The van der Waals surface area contributed by atoms with Crippen LogP contribution in [-0.4, -0.2) is 6.54 Å². The molecule has 0 radical (unpaired) electrons. The van der Waals surface area contributed by atoms with Gasteiger partial charge in [-0.1, -0.05) is 51.5 Å². The maximum absolute atomic E-state index is 3.56. The predicted octanol–water partition coefficient (Wildman–Crippen LogP) is 5.82. The molecule has 2 heteroatoms. The lowest BCUT2D eigenvalue weighted by molar-refractivity contribution is 0.545. The van der Waals surface area contributed by atoms with Crippen molar-refractivity contribution < 1.29 is 0 Å². The fraction of sp³-hybridized carbons (Fsp3) is 0.474. The number of thiophene rings is 1. The molecule has 2 aromatic rings. The summed E-state index contributed by atoms with van der Waals surface area (Å²) >= 11 is 1.92. The Kier molecular flexibility index (Phi) is 6.47. The van der Waals surface area contributed by atoms with Gasteiger partial charge in [-0.2, -0.15) is 0 Å². The van der Waals surface area contributed by atoms with Crippen LogP contribution in [0.4, 0.5) is 0 Å². The van der Waals surface area contributed by atoms with E-state index in [4.69, 9.17) is 0 Å². The maximum atomic E-state index is 3.56. The largest absolute Gasteiger partial charge is 0.310 e. The van der Waals surface area contributed by atoms with Gasteiger partial charge in [-0.05, 0) is 49.1 Å². The molecule has 0 bridgehead atoms. The van der Waals surface area contributed by atoms with Gasteiger partial charge in [0, 0.05) is 15.8 Å². The van der Waals surface area contributed by atoms with E-state index in [1.807, 2.05) is 11.3 Å². The van der Waals surface area contributed by atoms with Gasteiger partial charge in [0.05, 0.1) is 0 Å². The molecule has 1 heterocycles. The van der Waals surface area contributed by atoms with Gasteiger partial charge < -0.3 is 5.32 Å². The van der Waals surface area contributed by atoms with Crippen LogP contribution in [0.15, 0.2) is 36.4 Å². The number of aryl methyl sites for hydroxylation is 1. The van der Waals surface area contributed by atoms with Gasteiger partial charge in [0.15, 0.2) is 0 Å². The predicted molar refractivity (Wildman–Crippen MR) is 95.1 cm³/mol. The molecule has 0 saturated carbocycles. The van der Waals surface area contributed by atoms with E-state index in [0.29, 0.717) is 6.04 Å². The second-order valence-electron chi connectivity index (χ2n) is 5.52. The van der Waals surface area contributed by atoms with Crippen LogP contribution >= 0.6 is 11.3 Å². The highest BCUT2D eigenvalue weighted by Crippen LogP contribution is 2.32. The van der Waals surface area contributed by atoms with Crippen LogP contribution in [0.25, 0.3) is 10.4 Å². The molecule has 2 rings (SSSR count). The lowest BCUT2D eigenvalue weighted by Crippen LogP contribution is -2.18. The Morgan fingerprint density at radius 2 is 1.76 bits per heavy atom. The molecule has 1 atom stereocenters. The molecule has 0 amide bonds. The summed E-state index contributed by atoms with van der Waals surface area (Å²) in [5, 5.41) is 3.56. The molecule has 1 aromatic carbocycles. The quantitative estimate of drug-likeness (QED) is 0.648. The van der Waals surface area contributed by atoms with E-state index in [2.05, 4.69) is 62.5 Å². The minimum absolute atomic E-state index is 0.498. The van der Waals surface area contributed by atoms with Crippen molar-refractivity contribution in [1.29, 1.82) is 0 Å². The van der Waals surface area contributed by atoms with Gasteiger partial charge in [0.1, 0.15) is 0 Å². The average Bonchev–Trinajstić information content (AvgIpc) is 3.00. The average molecular weight is 301 g/mol. The van der Waals surface area contributed by atoms with E-state index in [0.717, 1.165) is 13.0 Å². The van der Waals surface area contributed by atoms with E-state index in [-0.39, 0.29) is 0 Å². The Bertz CT molecular complexity index is 527. The fourth-order valence-corrected chi connectivity index (χ4v) is 3.78. The van der Waals surface area contributed by atoms with Gasteiger partial charge in [0.25, 0.3) is 0 Å². The molecule has 0 spiro atoms. The molecule has 114 valence electrons. The first-order valence-corrected chi connectivity index (χ1v) is 9.02. The molecule has 0 aliphatic rings. The highest BCUT2D eigenvalue weighted by molar-refractivity contribution is 7.15. The zero-order valence-corrected chi connectivity index (χ0v) is 14.3. The summed E-state index contributed by atoms with van der Waals surface area (Å²) in [7, 11) is 0. The van der Waals surface area contributed by atoms with Crippen molar-refractivity contribution in [1.82, 2.24) is 5.32 Å². The van der Waals surface area contributed by atoms with Gasteiger partial charge in [-0.3, -0.25) is 0 Å². The van der Waals surface area contributed by atoms with Gasteiger partial charge >= 0.3 is 0 Å². The molecule has 1 N–H and O–H groups in total. The van der Waals surface area contributed by atoms with Crippen molar-refractivity contribution in [2.45, 2.75) is 52.5 Å². The van der Waals surface area contributed by atoms with Crippen LogP contribution in [0.3, 0.4) is 0 Å². The minimum Gasteiger partial charge on any atom is -0.310 e. The third kappa shape index (κ3) is 4.42. The Hall–Kier alpha value is -1.12. The molecule has 0 saturated heterocycles. The first kappa shape index (κ1) is 16.3. The first-order chi connectivity index (χ1) is 10.3. The number of nitrogens with one attached hydrogen (secondary N) is 1. The maximum Gasteiger partial charge on any atom is 0.0412 e. The second-order valence-corrected chi connectivity index (χ2v) is 6.64. The summed E-state index contributed by atoms with van der Waals surface area (Å²) in [6.45, 7) is 7.69. The summed E-state index contributed by atoms with van der Waals surface area (Å²) in [5.41, 5.74) is 2.80. The molecular formula is C19H27NS. The fourth-order valence-electron chi connectivity index (χ4n) is 2.60. The number of hydrogen-bond donors (Lipinski definition) is 1. The normalized spacial score (nSPS) is 12.5. The van der Waals surface area contributed by atoms with E-state index in [1.54, 1.807) is 0 Å². The Balaban J connectivity index is 2.10. The van der Waals surface area contributed by atoms with E-state index < -0.39 is 0 Å². The van der Waals surface area contributed by atoms with E-state index >= 15 is 0 Å². The highest BCUT2D eigenvalue weighted by atomic mass is 32.1. The standard InChI is InChI=1S/C19H27NS/c1-4-7-8-15-9-11-16(12-10-15)18-13-14-19(21-18)17(5-2)20-6-3/h9-14,17,20H,4-8H2,1-3H3. The zero-order valence-electron chi connectivity index (χ0n) is 13.5.